The smallest absolute Gasteiger partial charge is 0.387 e. The van der Waals surface area contributed by atoms with Crippen molar-refractivity contribution >= 4 is 11.6 Å². The Hall–Kier alpha value is -3.63. The van der Waals surface area contributed by atoms with Crippen molar-refractivity contribution in [3.8, 4) is 11.5 Å². The van der Waals surface area contributed by atoms with Gasteiger partial charge in [-0.15, -0.1) is 0 Å². The molecule has 3 rings (SSSR count). The van der Waals surface area contributed by atoms with Crippen LogP contribution in [-0.4, -0.2) is 12.5 Å². The first-order valence-corrected chi connectivity index (χ1v) is 8.57. The number of aryl methyl sites for hydroxylation is 1. The topological polar surface area (TPSA) is 60.7 Å². The van der Waals surface area contributed by atoms with E-state index in [0.29, 0.717) is 5.56 Å². The first-order chi connectivity index (χ1) is 14.7. The SMILES string of the molecule is Cc1ccc(OC(F)F)c(NC(=O)c2ccc(COc3c(F)c(F)cc(F)c3F)o2)c1. The lowest BCUT2D eigenvalue weighted by atomic mass is 10.2. The van der Waals surface area contributed by atoms with Crippen LogP contribution in [0.3, 0.4) is 0 Å². The van der Waals surface area contributed by atoms with Gasteiger partial charge in [0, 0.05) is 6.07 Å². The zero-order valence-electron chi connectivity index (χ0n) is 15.6. The van der Waals surface area contributed by atoms with E-state index in [1.165, 1.54) is 30.3 Å². The molecular weight excluding hydrogens is 432 g/mol. The number of nitrogens with one attached hydrogen (secondary N) is 1. The van der Waals surface area contributed by atoms with Crippen molar-refractivity contribution in [2.45, 2.75) is 20.1 Å². The van der Waals surface area contributed by atoms with Gasteiger partial charge in [0.15, 0.2) is 23.1 Å². The Morgan fingerprint density at radius 3 is 2.35 bits per heavy atom. The van der Waals surface area contributed by atoms with Crippen molar-refractivity contribution in [3.05, 3.63) is 76.8 Å². The van der Waals surface area contributed by atoms with E-state index in [9.17, 15) is 31.1 Å². The molecule has 3 aromatic rings. The molecule has 0 spiro atoms. The number of benzene rings is 2. The Labute approximate surface area is 171 Å². The molecule has 1 amide bonds. The Morgan fingerprint density at radius 2 is 1.71 bits per heavy atom. The molecule has 5 nitrogen and oxygen atoms in total. The molecule has 1 aromatic heterocycles. The van der Waals surface area contributed by atoms with Crippen LogP contribution in [0.1, 0.15) is 21.9 Å². The molecule has 0 aliphatic heterocycles. The summed E-state index contributed by atoms with van der Waals surface area (Å²) < 4.78 is 93.0. The largest absolute Gasteiger partial charge is 0.479 e. The van der Waals surface area contributed by atoms with Gasteiger partial charge in [0.2, 0.25) is 11.6 Å². The molecule has 0 saturated carbocycles. The molecule has 0 saturated heterocycles. The maximum absolute atomic E-state index is 13.6. The number of furan rings is 1. The summed E-state index contributed by atoms with van der Waals surface area (Å²) in [4.78, 5) is 12.3. The highest BCUT2D eigenvalue weighted by atomic mass is 19.3. The molecule has 0 fully saturated rings. The van der Waals surface area contributed by atoms with Crippen LogP contribution in [0, 0.1) is 30.2 Å². The number of hydrogen-bond acceptors (Lipinski definition) is 4. The highest BCUT2D eigenvalue weighted by molar-refractivity contribution is 6.03. The molecule has 0 aliphatic carbocycles. The minimum atomic E-state index is -3.11. The van der Waals surface area contributed by atoms with E-state index in [2.05, 4.69) is 10.1 Å². The van der Waals surface area contributed by atoms with Gasteiger partial charge >= 0.3 is 6.61 Å². The lowest BCUT2D eigenvalue weighted by Gasteiger charge is -2.12. The molecule has 0 atom stereocenters. The predicted molar refractivity (Wildman–Crippen MR) is 95.1 cm³/mol. The summed E-state index contributed by atoms with van der Waals surface area (Å²) in [5.74, 6) is -9.55. The van der Waals surface area contributed by atoms with Crippen molar-refractivity contribution in [2.24, 2.45) is 0 Å². The number of ether oxygens (including phenoxy) is 2. The maximum Gasteiger partial charge on any atom is 0.387 e. The number of halogens is 6. The Bertz CT molecular complexity index is 1090. The van der Waals surface area contributed by atoms with Gasteiger partial charge in [-0.25, -0.2) is 8.78 Å². The molecule has 0 aliphatic rings. The zero-order chi connectivity index (χ0) is 22.7. The van der Waals surface area contributed by atoms with Crippen molar-refractivity contribution in [1.29, 1.82) is 0 Å². The van der Waals surface area contributed by atoms with Gasteiger partial charge in [-0.3, -0.25) is 4.79 Å². The Balaban J connectivity index is 1.72. The van der Waals surface area contributed by atoms with Gasteiger partial charge in [-0.2, -0.15) is 17.6 Å². The van der Waals surface area contributed by atoms with Gasteiger partial charge in [0.05, 0.1) is 5.69 Å². The molecule has 31 heavy (non-hydrogen) atoms. The monoisotopic (exact) mass is 445 g/mol. The number of carbonyl (C=O) groups is 1. The van der Waals surface area contributed by atoms with E-state index in [0.717, 1.165) is 0 Å². The molecule has 164 valence electrons. The van der Waals surface area contributed by atoms with Crippen LogP contribution in [0.15, 0.2) is 40.8 Å². The van der Waals surface area contributed by atoms with E-state index in [-0.39, 0.29) is 29.0 Å². The zero-order valence-corrected chi connectivity index (χ0v) is 15.6. The third kappa shape index (κ3) is 5.11. The second-order valence-corrected chi connectivity index (χ2v) is 6.18. The standard InChI is InChI=1S/C20H13F6NO4/c1-9-2-4-14(31-20(25)26)13(6-9)27-19(28)15-5-3-10(30-15)8-29-18-16(23)11(21)7-12(22)17(18)24/h2-7,20H,8H2,1H3,(H,27,28). The van der Waals surface area contributed by atoms with Crippen molar-refractivity contribution in [3.63, 3.8) is 0 Å². The second-order valence-electron chi connectivity index (χ2n) is 6.18. The number of anilines is 1. The summed E-state index contributed by atoms with van der Waals surface area (Å²) in [6.45, 7) is -2.11. The number of hydrogen-bond donors (Lipinski definition) is 1. The fraction of sp³-hybridized carbons (Fsp3) is 0.150. The summed E-state index contributed by atoms with van der Waals surface area (Å²) in [6, 6.07) is 6.57. The molecule has 1 N–H and O–H groups in total. The van der Waals surface area contributed by atoms with Gasteiger partial charge in [-0.05, 0) is 36.8 Å². The van der Waals surface area contributed by atoms with Gasteiger partial charge in [0.1, 0.15) is 18.1 Å². The molecule has 0 bridgehead atoms. The van der Waals surface area contributed by atoms with Crippen LogP contribution in [0.5, 0.6) is 11.5 Å². The summed E-state index contributed by atoms with van der Waals surface area (Å²) >= 11 is 0. The minimum absolute atomic E-state index is 0.0319. The molecule has 11 heteroatoms. The first-order valence-electron chi connectivity index (χ1n) is 8.57. The molecule has 0 unspecified atom stereocenters. The number of alkyl halides is 2. The Morgan fingerprint density at radius 1 is 1.03 bits per heavy atom. The molecule has 0 radical (unpaired) electrons. The fourth-order valence-electron chi connectivity index (χ4n) is 2.52. The quantitative estimate of drug-likeness (QED) is 0.381. The van der Waals surface area contributed by atoms with Crippen molar-refractivity contribution < 1.29 is 45.0 Å². The van der Waals surface area contributed by atoms with Crippen molar-refractivity contribution in [2.75, 3.05) is 5.32 Å². The van der Waals surface area contributed by atoms with E-state index >= 15 is 0 Å². The summed E-state index contributed by atoms with van der Waals surface area (Å²) in [5.41, 5.74) is 0.607. The average molecular weight is 445 g/mol. The fourth-order valence-corrected chi connectivity index (χ4v) is 2.52. The predicted octanol–water partition coefficient (Wildman–Crippen LogP) is 5.58. The van der Waals surface area contributed by atoms with E-state index < -0.39 is 48.1 Å². The highest BCUT2D eigenvalue weighted by Crippen LogP contribution is 2.29. The summed E-state index contributed by atoms with van der Waals surface area (Å²) in [6.07, 6.45) is 0. The number of rotatable bonds is 7. The lowest BCUT2D eigenvalue weighted by Crippen LogP contribution is -2.13. The van der Waals surface area contributed by atoms with Crippen molar-refractivity contribution in [1.82, 2.24) is 0 Å². The van der Waals surface area contributed by atoms with E-state index in [4.69, 9.17) is 9.15 Å². The average Bonchev–Trinajstić information content (AvgIpc) is 3.17. The molecule has 2 aromatic carbocycles. The van der Waals surface area contributed by atoms with Gasteiger partial charge in [-0.1, -0.05) is 6.07 Å². The van der Waals surface area contributed by atoms with E-state index in [1.54, 1.807) is 6.92 Å². The first kappa shape index (κ1) is 22.1. The number of carbonyl (C=O) groups excluding carboxylic acids is 1. The highest BCUT2D eigenvalue weighted by Gasteiger charge is 2.22. The molecular formula is C20H13F6NO4. The van der Waals surface area contributed by atoms with E-state index in [1.807, 2.05) is 0 Å². The van der Waals surface area contributed by atoms with Gasteiger partial charge in [0.25, 0.3) is 5.91 Å². The number of amides is 1. The lowest BCUT2D eigenvalue weighted by molar-refractivity contribution is -0.0493. The maximum atomic E-state index is 13.6. The van der Waals surface area contributed by atoms with Crippen LogP contribution < -0.4 is 14.8 Å². The molecule has 1 heterocycles. The summed E-state index contributed by atoms with van der Waals surface area (Å²) in [7, 11) is 0. The second kappa shape index (κ2) is 9.02. The summed E-state index contributed by atoms with van der Waals surface area (Å²) in [5, 5.41) is 2.34. The van der Waals surface area contributed by atoms with Crippen LogP contribution in [-0.2, 0) is 6.61 Å². The van der Waals surface area contributed by atoms with Gasteiger partial charge < -0.3 is 19.2 Å². The van der Waals surface area contributed by atoms with Crippen LogP contribution in [0.4, 0.5) is 32.0 Å². The van der Waals surface area contributed by atoms with Crippen LogP contribution in [0.2, 0.25) is 0 Å². The van der Waals surface area contributed by atoms with Crippen LogP contribution in [0.25, 0.3) is 0 Å². The van der Waals surface area contributed by atoms with Crippen LogP contribution >= 0.6 is 0 Å². The minimum Gasteiger partial charge on any atom is -0.479 e. The Kier molecular flexibility index (Phi) is 6.42. The third-order valence-corrected chi connectivity index (χ3v) is 3.92. The normalized spacial score (nSPS) is 11.0. The third-order valence-electron chi connectivity index (χ3n) is 3.92.